The molecule has 8 heteroatoms. The summed E-state index contributed by atoms with van der Waals surface area (Å²) in [5.74, 6) is -6.13. The van der Waals surface area contributed by atoms with Gasteiger partial charge in [-0.3, -0.25) is 0 Å². The van der Waals surface area contributed by atoms with E-state index in [1.165, 1.54) is 6.92 Å². The first-order valence-corrected chi connectivity index (χ1v) is 7.03. The third-order valence-electron chi connectivity index (χ3n) is 2.83. The maximum absolute atomic E-state index is 13.6. The van der Waals surface area contributed by atoms with E-state index in [0.717, 1.165) is 17.8 Å². The first-order valence-electron chi connectivity index (χ1n) is 6.04. The van der Waals surface area contributed by atoms with Crippen LogP contribution in [0.4, 0.5) is 22.0 Å². The van der Waals surface area contributed by atoms with Crippen molar-refractivity contribution in [1.29, 1.82) is 0 Å². The maximum atomic E-state index is 13.6. The van der Waals surface area contributed by atoms with Crippen LogP contribution in [0.1, 0.15) is 35.3 Å². The highest BCUT2D eigenvalue weighted by Crippen LogP contribution is 2.48. The van der Waals surface area contributed by atoms with Gasteiger partial charge in [-0.15, -0.1) is 11.8 Å². The number of halogens is 5. The van der Waals surface area contributed by atoms with Gasteiger partial charge in [-0.2, -0.15) is 22.0 Å². The molecule has 0 fully saturated rings. The van der Waals surface area contributed by atoms with Gasteiger partial charge >= 0.3 is 18.1 Å². The summed E-state index contributed by atoms with van der Waals surface area (Å²) < 4.78 is 64.9. The van der Waals surface area contributed by atoms with Gasteiger partial charge < -0.3 is 5.11 Å². The zero-order valence-electron chi connectivity index (χ0n) is 11.2. The normalized spacial score (nSPS) is 12.5. The molecule has 1 N–H and O–H groups in total. The van der Waals surface area contributed by atoms with Gasteiger partial charge in [0, 0.05) is 10.5 Å². The monoisotopic (exact) mass is 328 g/mol. The van der Waals surface area contributed by atoms with E-state index in [1.807, 2.05) is 0 Å². The second kappa shape index (κ2) is 6.21. The van der Waals surface area contributed by atoms with Crippen LogP contribution in [-0.2, 0) is 12.3 Å². The summed E-state index contributed by atoms with van der Waals surface area (Å²) in [6, 6.07) is 1.35. The second-order valence-corrected chi connectivity index (χ2v) is 5.41. The van der Waals surface area contributed by atoms with Gasteiger partial charge in [0.15, 0.2) is 0 Å². The van der Waals surface area contributed by atoms with Crippen molar-refractivity contribution >= 4 is 17.7 Å². The zero-order chi connectivity index (χ0) is 16.4. The third-order valence-corrected chi connectivity index (χ3v) is 3.87. The Bertz CT molecular complexity index is 540. The highest BCUT2D eigenvalue weighted by Gasteiger charge is 2.59. The molecule has 1 rings (SSSR count). The van der Waals surface area contributed by atoms with Gasteiger partial charge in [0.25, 0.3) is 0 Å². The molecule has 0 aromatic heterocycles. The van der Waals surface area contributed by atoms with Gasteiger partial charge in [-0.1, -0.05) is 19.9 Å². The number of alkyl halides is 5. The summed E-state index contributed by atoms with van der Waals surface area (Å²) in [4.78, 5) is 10.8. The van der Waals surface area contributed by atoms with E-state index in [4.69, 9.17) is 5.11 Å². The van der Waals surface area contributed by atoms with Gasteiger partial charge in [-0.05, 0) is 23.8 Å². The van der Waals surface area contributed by atoms with Crippen molar-refractivity contribution in [3.8, 4) is 0 Å². The lowest BCUT2D eigenvalue weighted by Gasteiger charge is -2.24. The molecule has 21 heavy (non-hydrogen) atoms. The minimum atomic E-state index is -5.73. The third kappa shape index (κ3) is 3.30. The molecule has 0 spiro atoms. The number of carboxylic acids is 1. The van der Waals surface area contributed by atoms with Crippen LogP contribution in [-0.4, -0.2) is 23.0 Å². The molecule has 0 saturated heterocycles. The molecule has 0 radical (unpaired) electrons. The predicted octanol–water partition coefficient (Wildman–Crippen LogP) is 4.71. The molecule has 0 unspecified atom stereocenters. The minimum Gasteiger partial charge on any atom is -0.478 e. The number of carboxylic acid groups (broad SMARTS) is 1. The van der Waals surface area contributed by atoms with Crippen LogP contribution < -0.4 is 0 Å². The fourth-order valence-electron chi connectivity index (χ4n) is 1.89. The Hall–Kier alpha value is -1.31. The fourth-order valence-corrected chi connectivity index (χ4v) is 2.96. The van der Waals surface area contributed by atoms with Crippen LogP contribution in [0.2, 0.25) is 0 Å². The van der Waals surface area contributed by atoms with Crippen molar-refractivity contribution in [2.45, 2.75) is 37.3 Å². The van der Waals surface area contributed by atoms with E-state index < -0.39 is 23.6 Å². The quantitative estimate of drug-likeness (QED) is 0.628. The number of aromatic carboxylic acids is 1. The maximum Gasteiger partial charge on any atom is 0.458 e. The van der Waals surface area contributed by atoms with E-state index in [9.17, 15) is 26.7 Å². The molecule has 0 aliphatic carbocycles. The highest BCUT2D eigenvalue weighted by molar-refractivity contribution is 7.99. The summed E-state index contributed by atoms with van der Waals surface area (Å²) in [5, 5.41) is 9.02. The van der Waals surface area contributed by atoms with E-state index >= 15 is 0 Å². The lowest BCUT2D eigenvalue weighted by Crippen LogP contribution is -2.34. The van der Waals surface area contributed by atoms with Crippen molar-refractivity contribution < 1.29 is 31.9 Å². The summed E-state index contributed by atoms with van der Waals surface area (Å²) in [7, 11) is 0. The molecule has 118 valence electrons. The molecule has 2 nitrogen and oxygen atoms in total. The number of hydrogen-bond acceptors (Lipinski definition) is 2. The molecule has 0 atom stereocenters. The largest absolute Gasteiger partial charge is 0.478 e. The van der Waals surface area contributed by atoms with E-state index in [-0.39, 0.29) is 28.2 Å². The van der Waals surface area contributed by atoms with Crippen molar-refractivity contribution in [3.05, 3.63) is 28.8 Å². The first kappa shape index (κ1) is 17.7. The summed E-state index contributed by atoms with van der Waals surface area (Å²) in [6.07, 6.45) is -5.68. The van der Waals surface area contributed by atoms with Gasteiger partial charge in [-0.25, -0.2) is 4.79 Å². The Morgan fingerprint density at radius 1 is 1.19 bits per heavy atom. The Kier molecular flexibility index (Phi) is 5.25. The Morgan fingerprint density at radius 3 is 2.14 bits per heavy atom. The lowest BCUT2D eigenvalue weighted by atomic mass is 9.98. The topological polar surface area (TPSA) is 37.3 Å². The second-order valence-electron chi connectivity index (χ2n) is 4.13. The predicted molar refractivity (Wildman–Crippen MR) is 69.1 cm³/mol. The SMILES string of the molecule is CCSc1c(C(F)(F)C(F)(F)F)ccc(C(=O)O)c1CC. The van der Waals surface area contributed by atoms with Crippen molar-refractivity contribution in [3.63, 3.8) is 0 Å². The first-order chi connectivity index (χ1) is 9.57. The molecule has 0 amide bonds. The standard InChI is InChI=1S/C13H13F5O2S/c1-3-7-8(11(19)20)5-6-9(10(7)21-4-2)12(14,15)13(16,17)18/h5-6H,3-4H2,1-2H3,(H,19,20). The average Bonchev–Trinajstić information content (AvgIpc) is 2.36. The number of hydrogen-bond donors (Lipinski definition) is 1. The summed E-state index contributed by atoms with van der Waals surface area (Å²) in [6.45, 7) is 3.10. The van der Waals surface area contributed by atoms with Crippen LogP contribution in [0.25, 0.3) is 0 Å². The summed E-state index contributed by atoms with van der Waals surface area (Å²) >= 11 is 0.784. The zero-order valence-corrected chi connectivity index (χ0v) is 12.0. The number of rotatable bonds is 5. The molecule has 1 aromatic carbocycles. The number of thioether (sulfide) groups is 1. The molecule has 0 aliphatic rings. The smallest absolute Gasteiger partial charge is 0.458 e. The molecule has 0 saturated carbocycles. The van der Waals surface area contributed by atoms with Gasteiger partial charge in [0.1, 0.15) is 0 Å². The number of benzene rings is 1. The lowest BCUT2D eigenvalue weighted by molar-refractivity contribution is -0.290. The number of carbonyl (C=O) groups is 1. The van der Waals surface area contributed by atoms with Gasteiger partial charge in [0.05, 0.1) is 5.56 Å². The Balaban J connectivity index is 3.65. The van der Waals surface area contributed by atoms with Crippen LogP contribution >= 0.6 is 11.8 Å². The molecule has 1 aromatic rings. The van der Waals surface area contributed by atoms with Crippen LogP contribution in [0.3, 0.4) is 0 Å². The molecule has 0 aliphatic heterocycles. The minimum absolute atomic E-state index is 0.00391. The molecular weight excluding hydrogens is 315 g/mol. The molecular formula is C13H13F5O2S. The van der Waals surface area contributed by atoms with Crippen LogP contribution in [0.5, 0.6) is 0 Å². The van der Waals surface area contributed by atoms with E-state index in [2.05, 4.69) is 0 Å². The highest BCUT2D eigenvalue weighted by atomic mass is 32.2. The van der Waals surface area contributed by atoms with Crippen molar-refractivity contribution in [1.82, 2.24) is 0 Å². The molecule has 0 bridgehead atoms. The Morgan fingerprint density at radius 2 is 1.76 bits per heavy atom. The van der Waals surface area contributed by atoms with Gasteiger partial charge in [0.2, 0.25) is 0 Å². The summed E-state index contributed by atoms with van der Waals surface area (Å²) in [5.41, 5.74) is -1.45. The Labute approximate surface area is 122 Å². The average molecular weight is 328 g/mol. The van der Waals surface area contributed by atoms with Crippen molar-refractivity contribution in [2.24, 2.45) is 0 Å². The fraction of sp³-hybridized carbons (Fsp3) is 0.462. The van der Waals surface area contributed by atoms with Crippen LogP contribution in [0.15, 0.2) is 17.0 Å². The van der Waals surface area contributed by atoms with E-state index in [1.54, 1.807) is 6.92 Å². The van der Waals surface area contributed by atoms with Crippen LogP contribution in [0, 0.1) is 0 Å². The van der Waals surface area contributed by atoms with E-state index in [0.29, 0.717) is 6.07 Å². The van der Waals surface area contributed by atoms with Crippen molar-refractivity contribution in [2.75, 3.05) is 5.75 Å². The molecule has 0 heterocycles.